The van der Waals surface area contributed by atoms with Crippen LogP contribution < -0.4 is 10.2 Å². The molecule has 3 heterocycles. The predicted molar refractivity (Wildman–Crippen MR) is 95.8 cm³/mol. The molecule has 1 saturated carbocycles. The number of anilines is 1. The highest BCUT2D eigenvalue weighted by atomic mass is 19.4. The molecule has 1 atom stereocenters. The monoisotopic (exact) mass is 396 g/mol. The number of alkyl halides is 3. The zero-order valence-corrected chi connectivity index (χ0v) is 15.5. The SMILES string of the molecule is O=C1CN(c2ccnc(C(=O)N3CCC(C(F)(F)F)C4(CCC4)C3)c2)CCN1. The van der Waals surface area contributed by atoms with Crippen LogP contribution in [0.2, 0.25) is 0 Å². The summed E-state index contributed by atoms with van der Waals surface area (Å²) in [6.07, 6.45) is -0.964. The van der Waals surface area contributed by atoms with Gasteiger partial charge in [0.15, 0.2) is 0 Å². The highest BCUT2D eigenvalue weighted by molar-refractivity contribution is 5.93. The minimum atomic E-state index is -4.22. The van der Waals surface area contributed by atoms with Gasteiger partial charge in [0.25, 0.3) is 5.91 Å². The summed E-state index contributed by atoms with van der Waals surface area (Å²) in [6.45, 7) is 1.58. The van der Waals surface area contributed by atoms with Crippen molar-refractivity contribution in [2.24, 2.45) is 11.3 Å². The molecule has 1 aromatic rings. The molecule has 9 heteroatoms. The van der Waals surface area contributed by atoms with Crippen LogP contribution in [0.25, 0.3) is 0 Å². The number of piperidine rings is 1. The molecule has 0 bridgehead atoms. The number of piperazine rings is 1. The van der Waals surface area contributed by atoms with Crippen molar-refractivity contribution in [3.8, 4) is 0 Å². The first-order chi connectivity index (χ1) is 13.3. The zero-order valence-electron chi connectivity index (χ0n) is 15.5. The van der Waals surface area contributed by atoms with Gasteiger partial charge in [-0.25, -0.2) is 0 Å². The number of carbonyl (C=O) groups excluding carboxylic acids is 2. The molecule has 2 aliphatic heterocycles. The van der Waals surface area contributed by atoms with E-state index in [-0.39, 0.29) is 43.6 Å². The molecule has 4 rings (SSSR count). The van der Waals surface area contributed by atoms with Gasteiger partial charge in [-0.3, -0.25) is 14.6 Å². The van der Waals surface area contributed by atoms with Crippen molar-refractivity contribution >= 4 is 17.5 Å². The molecule has 1 aromatic heterocycles. The largest absolute Gasteiger partial charge is 0.392 e. The van der Waals surface area contributed by atoms with E-state index in [1.54, 1.807) is 12.1 Å². The molecular formula is C19H23F3N4O2. The Morgan fingerprint density at radius 2 is 2.07 bits per heavy atom. The summed E-state index contributed by atoms with van der Waals surface area (Å²) in [7, 11) is 0. The van der Waals surface area contributed by atoms with Crippen LogP contribution >= 0.6 is 0 Å². The quantitative estimate of drug-likeness (QED) is 0.833. The van der Waals surface area contributed by atoms with Crippen molar-refractivity contribution in [2.75, 3.05) is 37.6 Å². The Morgan fingerprint density at radius 3 is 2.71 bits per heavy atom. The van der Waals surface area contributed by atoms with Gasteiger partial charge in [0.1, 0.15) is 5.69 Å². The predicted octanol–water partition coefficient (Wildman–Crippen LogP) is 2.21. The average Bonchev–Trinajstić information content (AvgIpc) is 2.65. The Balaban J connectivity index is 1.51. The fourth-order valence-corrected chi connectivity index (χ4v) is 4.74. The maximum Gasteiger partial charge on any atom is 0.392 e. The van der Waals surface area contributed by atoms with Crippen LogP contribution in [0.3, 0.4) is 0 Å². The molecule has 3 fully saturated rings. The van der Waals surface area contributed by atoms with Gasteiger partial charge in [0.2, 0.25) is 5.91 Å². The third-order valence-corrected chi connectivity index (χ3v) is 6.33. The summed E-state index contributed by atoms with van der Waals surface area (Å²) in [6, 6.07) is 3.36. The number of amides is 2. The van der Waals surface area contributed by atoms with Crippen molar-refractivity contribution in [3.05, 3.63) is 24.0 Å². The lowest BCUT2D eigenvalue weighted by atomic mass is 9.58. The van der Waals surface area contributed by atoms with E-state index >= 15 is 0 Å². The summed E-state index contributed by atoms with van der Waals surface area (Å²) in [5.74, 6) is -1.75. The third kappa shape index (κ3) is 3.42. The maximum atomic E-state index is 13.4. The number of nitrogens with one attached hydrogen (secondary N) is 1. The molecular weight excluding hydrogens is 373 g/mol. The molecule has 3 aliphatic rings. The third-order valence-electron chi connectivity index (χ3n) is 6.33. The Kier molecular flexibility index (Phi) is 4.71. The van der Waals surface area contributed by atoms with Crippen molar-refractivity contribution in [1.29, 1.82) is 0 Å². The zero-order chi connectivity index (χ0) is 19.9. The van der Waals surface area contributed by atoms with E-state index in [0.29, 0.717) is 25.9 Å². The summed E-state index contributed by atoms with van der Waals surface area (Å²) in [5.41, 5.74) is 0.0921. The summed E-state index contributed by atoms with van der Waals surface area (Å²) < 4.78 is 40.3. The number of likely N-dealkylation sites (tertiary alicyclic amines) is 1. The normalized spacial score (nSPS) is 24.7. The van der Waals surface area contributed by atoms with Crippen LogP contribution in [0.4, 0.5) is 18.9 Å². The van der Waals surface area contributed by atoms with Gasteiger partial charge in [-0.05, 0) is 36.8 Å². The second-order valence-electron chi connectivity index (χ2n) is 8.00. The molecule has 6 nitrogen and oxygen atoms in total. The number of carbonyl (C=O) groups is 2. The van der Waals surface area contributed by atoms with Crippen molar-refractivity contribution < 1.29 is 22.8 Å². The molecule has 1 N–H and O–H groups in total. The Morgan fingerprint density at radius 1 is 1.29 bits per heavy atom. The lowest BCUT2D eigenvalue weighted by Gasteiger charge is -2.54. The van der Waals surface area contributed by atoms with Gasteiger partial charge in [-0.1, -0.05) is 6.42 Å². The van der Waals surface area contributed by atoms with Gasteiger partial charge < -0.3 is 15.1 Å². The van der Waals surface area contributed by atoms with Crippen molar-refractivity contribution in [2.45, 2.75) is 31.9 Å². The topological polar surface area (TPSA) is 65.5 Å². The lowest BCUT2D eigenvalue weighted by Crippen LogP contribution is -2.57. The van der Waals surface area contributed by atoms with Crippen molar-refractivity contribution in [3.63, 3.8) is 0 Å². The van der Waals surface area contributed by atoms with Gasteiger partial charge in [0, 0.05) is 38.1 Å². The van der Waals surface area contributed by atoms with Crippen molar-refractivity contribution in [1.82, 2.24) is 15.2 Å². The number of hydrogen-bond acceptors (Lipinski definition) is 4. The maximum absolute atomic E-state index is 13.4. The summed E-state index contributed by atoms with van der Waals surface area (Å²) >= 11 is 0. The number of pyridine rings is 1. The second kappa shape index (κ2) is 6.93. The molecule has 0 radical (unpaired) electrons. The van der Waals surface area contributed by atoms with Gasteiger partial charge in [-0.15, -0.1) is 0 Å². The number of halogens is 3. The number of hydrogen-bond donors (Lipinski definition) is 1. The highest BCUT2D eigenvalue weighted by Gasteiger charge is 2.58. The van der Waals surface area contributed by atoms with Crippen LogP contribution in [0, 0.1) is 11.3 Å². The smallest absolute Gasteiger partial charge is 0.360 e. The summed E-state index contributed by atoms with van der Waals surface area (Å²) in [4.78, 5) is 32.1. The van der Waals surface area contributed by atoms with E-state index in [1.165, 1.54) is 11.1 Å². The minimum absolute atomic E-state index is 0.0543. The van der Waals surface area contributed by atoms with E-state index in [2.05, 4.69) is 10.3 Å². The molecule has 2 amide bonds. The average molecular weight is 396 g/mol. The molecule has 1 unspecified atom stereocenters. The molecule has 2 saturated heterocycles. The number of aromatic nitrogens is 1. The fourth-order valence-electron chi connectivity index (χ4n) is 4.74. The van der Waals surface area contributed by atoms with Crippen LogP contribution in [0.5, 0.6) is 0 Å². The first-order valence-corrected chi connectivity index (χ1v) is 9.62. The van der Waals surface area contributed by atoms with Crippen LogP contribution in [-0.2, 0) is 4.79 Å². The summed E-state index contributed by atoms with van der Waals surface area (Å²) in [5, 5.41) is 2.75. The number of rotatable bonds is 2. The second-order valence-corrected chi connectivity index (χ2v) is 8.00. The van der Waals surface area contributed by atoms with Gasteiger partial charge in [0.05, 0.1) is 12.5 Å². The molecule has 1 spiro atoms. The van der Waals surface area contributed by atoms with E-state index in [0.717, 1.165) is 12.1 Å². The van der Waals surface area contributed by atoms with E-state index < -0.39 is 17.5 Å². The lowest BCUT2D eigenvalue weighted by molar-refractivity contribution is -0.235. The highest BCUT2D eigenvalue weighted by Crippen LogP contribution is 2.56. The minimum Gasteiger partial charge on any atom is -0.360 e. The van der Waals surface area contributed by atoms with Gasteiger partial charge in [-0.2, -0.15) is 13.2 Å². The van der Waals surface area contributed by atoms with Crippen LogP contribution in [-0.4, -0.2) is 60.6 Å². The van der Waals surface area contributed by atoms with E-state index in [1.807, 2.05) is 4.90 Å². The molecule has 28 heavy (non-hydrogen) atoms. The molecule has 1 aliphatic carbocycles. The van der Waals surface area contributed by atoms with Crippen LogP contribution in [0.1, 0.15) is 36.2 Å². The Bertz CT molecular complexity index is 779. The first kappa shape index (κ1) is 19.0. The van der Waals surface area contributed by atoms with E-state index in [4.69, 9.17) is 0 Å². The number of nitrogens with zero attached hydrogens (tertiary/aromatic N) is 3. The fraction of sp³-hybridized carbons (Fsp3) is 0.632. The Labute approximate surface area is 161 Å². The standard InChI is InChI=1S/C19H23F3N4O2/c20-19(21,22)15-3-8-26(12-18(15)4-1-5-18)17(28)14-10-13(2-6-23-14)25-9-7-24-16(27)11-25/h2,6,10,15H,1,3-5,7-9,11-12H2,(H,24,27). The van der Waals surface area contributed by atoms with E-state index in [9.17, 15) is 22.8 Å². The van der Waals surface area contributed by atoms with Gasteiger partial charge >= 0.3 is 6.18 Å². The molecule has 152 valence electrons. The first-order valence-electron chi connectivity index (χ1n) is 9.62. The Hall–Kier alpha value is -2.32. The van der Waals surface area contributed by atoms with Crippen LogP contribution in [0.15, 0.2) is 18.3 Å². The molecule has 0 aromatic carbocycles.